The Labute approximate surface area is 99.2 Å². The summed E-state index contributed by atoms with van der Waals surface area (Å²) in [6.45, 7) is -0.0979. The number of carbonyl (C=O) groups excluding carboxylic acids is 2. The van der Waals surface area contributed by atoms with Crippen LogP contribution >= 0.6 is 0 Å². The molecule has 1 saturated carbocycles. The molecule has 0 aromatic rings. The van der Waals surface area contributed by atoms with Gasteiger partial charge in [-0.15, -0.1) is 0 Å². The number of carboxylic acids is 1. The van der Waals surface area contributed by atoms with Gasteiger partial charge in [0, 0.05) is 14.1 Å². The van der Waals surface area contributed by atoms with Gasteiger partial charge in [0.15, 0.2) is 0 Å². The maximum Gasteiger partial charge on any atom is 0.326 e. The molecule has 96 valence electrons. The van der Waals surface area contributed by atoms with Gasteiger partial charge in [-0.05, 0) is 18.8 Å². The van der Waals surface area contributed by atoms with Gasteiger partial charge in [0.2, 0.25) is 5.91 Å². The minimum atomic E-state index is -1.03. The number of urea groups is 1. The van der Waals surface area contributed by atoms with Gasteiger partial charge in [-0.2, -0.15) is 0 Å². The van der Waals surface area contributed by atoms with Crippen LogP contribution in [0.25, 0.3) is 0 Å². The second-order valence-corrected chi connectivity index (χ2v) is 4.13. The Morgan fingerprint density at radius 3 is 2.41 bits per heavy atom. The van der Waals surface area contributed by atoms with E-state index in [1.807, 2.05) is 0 Å². The molecule has 1 atom stereocenters. The molecule has 0 heterocycles. The molecular formula is C10H17N3O4. The molecule has 1 unspecified atom stereocenters. The average molecular weight is 243 g/mol. The topological polar surface area (TPSA) is 98.7 Å². The van der Waals surface area contributed by atoms with E-state index in [2.05, 4.69) is 10.6 Å². The number of nitrogens with one attached hydrogen (secondary N) is 2. The predicted molar refractivity (Wildman–Crippen MR) is 59.4 cm³/mol. The van der Waals surface area contributed by atoms with Crippen LogP contribution in [0.15, 0.2) is 0 Å². The van der Waals surface area contributed by atoms with Crippen molar-refractivity contribution in [1.29, 1.82) is 0 Å². The molecule has 7 nitrogen and oxygen atoms in total. The van der Waals surface area contributed by atoms with E-state index < -0.39 is 18.0 Å². The number of carboxylic acid groups (broad SMARTS) is 1. The van der Waals surface area contributed by atoms with Crippen LogP contribution in [0.4, 0.5) is 4.79 Å². The van der Waals surface area contributed by atoms with Crippen LogP contribution in [0.1, 0.15) is 12.8 Å². The second kappa shape index (κ2) is 5.51. The minimum absolute atomic E-state index is 0.0184. The Balaban J connectivity index is 2.46. The van der Waals surface area contributed by atoms with Crippen LogP contribution < -0.4 is 10.6 Å². The van der Waals surface area contributed by atoms with E-state index in [0.717, 1.165) is 17.7 Å². The normalized spacial score (nSPS) is 15.9. The van der Waals surface area contributed by atoms with E-state index in [-0.39, 0.29) is 18.4 Å². The summed E-state index contributed by atoms with van der Waals surface area (Å²) in [5.74, 6) is -1.32. The number of hydrogen-bond donors (Lipinski definition) is 3. The standard InChI is InChI=1S/C10H17N3O4/c1-11-7(14)5-13(2)10(17)12-8(9(15)16)6-3-4-6/h6,8H,3-5H2,1-2H3,(H,11,14)(H,12,17)(H,15,16). The molecule has 1 aliphatic rings. The lowest BCUT2D eigenvalue weighted by Crippen LogP contribution is -2.49. The number of nitrogens with zero attached hydrogens (tertiary/aromatic N) is 1. The summed E-state index contributed by atoms with van der Waals surface area (Å²) >= 11 is 0. The molecule has 0 spiro atoms. The van der Waals surface area contributed by atoms with Gasteiger partial charge in [0.05, 0.1) is 0 Å². The molecule has 1 fully saturated rings. The molecular weight excluding hydrogens is 226 g/mol. The number of carbonyl (C=O) groups is 3. The first kappa shape index (κ1) is 13.3. The van der Waals surface area contributed by atoms with Crippen molar-refractivity contribution in [3.63, 3.8) is 0 Å². The lowest BCUT2D eigenvalue weighted by Gasteiger charge is -2.20. The fourth-order valence-corrected chi connectivity index (χ4v) is 1.42. The quantitative estimate of drug-likeness (QED) is 0.591. The molecule has 7 heteroatoms. The molecule has 0 radical (unpaired) electrons. The first-order valence-corrected chi connectivity index (χ1v) is 5.40. The fourth-order valence-electron chi connectivity index (χ4n) is 1.42. The molecule has 3 amide bonds. The molecule has 0 aliphatic heterocycles. The van der Waals surface area contributed by atoms with Crippen LogP contribution in [-0.4, -0.2) is 54.6 Å². The highest BCUT2D eigenvalue weighted by molar-refractivity contribution is 5.86. The Morgan fingerprint density at radius 1 is 1.41 bits per heavy atom. The van der Waals surface area contributed by atoms with Crippen molar-refractivity contribution in [2.75, 3.05) is 20.6 Å². The van der Waals surface area contributed by atoms with Crippen LogP contribution in [0.3, 0.4) is 0 Å². The van der Waals surface area contributed by atoms with E-state index >= 15 is 0 Å². The molecule has 0 saturated heterocycles. The molecule has 1 rings (SSSR count). The Bertz CT molecular complexity index is 328. The maximum absolute atomic E-state index is 11.6. The van der Waals surface area contributed by atoms with E-state index in [0.29, 0.717) is 0 Å². The number of aliphatic carboxylic acids is 1. The number of likely N-dealkylation sites (N-methyl/N-ethyl adjacent to an activating group) is 2. The smallest absolute Gasteiger partial charge is 0.326 e. The van der Waals surface area contributed by atoms with Crippen molar-refractivity contribution < 1.29 is 19.5 Å². The van der Waals surface area contributed by atoms with Crippen molar-refractivity contribution in [2.45, 2.75) is 18.9 Å². The van der Waals surface area contributed by atoms with Gasteiger partial charge in [0.25, 0.3) is 0 Å². The fraction of sp³-hybridized carbons (Fsp3) is 0.700. The summed E-state index contributed by atoms with van der Waals surface area (Å²) in [6, 6.07) is -1.40. The average Bonchev–Trinajstić information content (AvgIpc) is 3.08. The van der Waals surface area contributed by atoms with Crippen LogP contribution in [0.2, 0.25) is 0 Å². The molecule has 0 aromatic heterocycles. The highest BCUT2D eigenvalue weighted by Gasteiger charge is 2.37. The number of rotatable bonds is 5. The van der Waals surface area contributed by atoms with Crippen molar-refractivity contribution in [1.82, 2.24) is 15.5 Å². The Kier molecular flexibility index (Phi) is 4.30. The van der Waals surface area contributed by atoms with E-state index in [9.17, 15) is 14.4 Å². The van der Waals surface area contributed by atoms with Crippen LogP contribution in [-0.2, 0) is 9.59 Å². The number of amides is 3. The van der Waals surface area contributed by atoms with Gasteiger partial charge < -0.3 is 20.6 Å². The van der Waals surface area contributed by atoms with Gasteiger partial charge in [-0.25, -0.2) is 9.59 Å². The van der Waals surface area contributed by atoms with Crippen LogP contribution in [0.5, 0.6) is 0 Å². The van der Waals surface area contributed by atoms with Crippen molar-refractivity contribution in [3.8, 4) is 0 Å². The van der Waals surface area contributed by atoms with Gasteiger partial charge in [-0.3, -0.25) is 4.79 Å². The third-order valence-corrected chi connectivity index (χ3v) is 2.64. The Hall–Kier alpha value is -1.79. The van der Waals surface area contributed by atoms with Crippen LogP contribution in [0, 0.1) is 5.92 Å². The lowest BCUT2D eigenvalue weighted by molar-refractivity contribution is -0.139. The maximum atomic E-state index is 11.6. The SMILES string of the molecule is CNC(=O)CN(C)C(=O)NC(C(=O)O)C1CC1. The zero-order chi connectivity index (χ0) is 13.0. The molecule has 0 aromatic carbocycles. The summed E-state index contributed by atoms with van der Waals surface area (Å²) in [4.78, 5) is 34.7. The summed E-state index contributed by atoms with van der Waals surface area (Å²) < 4.78 is 0. The largest absolute Gasteiger partial charge is 0.480 e. The lowest BCUT2D eigenvalue weighted by atomic mass is 10.2. The third kappa shape index (κ3) is 3.93. The van der Waals surface area contributed by atoms with Crippen molar-refractivity contribution in [3.05, 3.63) is 0 Å². The summed E-state index contributed by atoms with van der Waals surface area (Å²) in [7, 11) is 2.91. The third-order valence-electron chi connectivity index (χ3n) is 2.64. The van der Waals surface area contributed by atoms with E-state index in [1.54, 1.807) is 0 Å². The summed E-state index contributed by atoms with van der Waals surface area (Å²) in [5, 5.41) is 13.7. The van der Waals surface area contributed by atoms with Gasteiger partial charge in [-0.1, -0.05) is 0 Å². The highest BCUT2D eigenvalue weighted by Crippen LogP contribution is 2.32. The molecule has 17 heavy (non-hydrogen) atoms. The van der Waals surface area contributed by atoms with E-state index in [4.69, 9.17) is 5.11 Å². The van der Waals surface area contributed by atoms with Crippen molar-refractivity contribution >= 4 is 17.9 Å². The first-order chi connectivity index (χ1) is 7.95. The molecule has 0 bridgehead atoms. The van der Waals surface area contributed by atoms with E-state index in [1.165, 1.54) is 14.1 Å². The predicted octanol–water partition coefficient (Wildman–Crippen LogP) is -0.763. The first-order valence-electron chi connectivity index (χ1n) is 5.40. The number of hydrogen-bond acceptors (Lipinski definition) is 3. The summed E-state index contributed by atoms with van der Waals surface area (Å²) in [5.41, 5.74) is 0. The van der Waals surface area contributed by atoms with Gasteiger partial charge in [0.1, 0.15) is 12.6 Å². The van der Waals surface area contributed by atoms with Crippen molar-refractivity contribution in [2.24, 2.45) is 5.92 Å². The minimum Gasteiger partial charge on any atom is -0.480 e. The molecule has 1 aliphatic carbocycles. The Morgan fingerprint density at radius 2 is 2.00 bits per heavy atom. The highest BCUT2D eigenvalue weighted by atomic mass is 16.4. The zero-order valence-electron chi connectivity index (χ0n) is 9.90. The zero-order valence-corrected chi connectivity index (χ0v) is 9.90. The van der Waals surface area contributed by atoms with Gasteiger partial charge >= 0.3 is 12.0 Å². The summed E-state index contributed by atoms with van der Waals surface area (Å²) in [6.07, 6.45) is 1.63. The second-order valence-electron chi connectivity index (χ2n) is 4.13. The monoisotopic (exact) mass is 243 g/mol. The molecule has 3 N–H and O–H groups in total.